The fraction of sp³-hybridized carbons (Fsp3) is 0.435. The van der Waals surface area contributed by atoms with Crippen molar-refractivity contribution >= 4 is 33.9 Å². The van der Waals surface area contributed by atoms with Crippen LogP contribution in [0.2, 0.25) is 0 Å². The number of likely N-dealkylation sites (tertiary alicyclic amines) is 1. The van der Waals surface area contributed by atoms with Crippen LogP contribution < -0.4 is 9.64 Å². The fourth-order valence-electron chi connectivity index (χ4n) is 4.59. The van der Waals surface area contributed by atoms with Gasteiger partial charge in [0.15, 0.2) is 0 Å². The van der Waals surface area contributed by atoms with Gasteiger partial charge in [0.05, 0.1) is 12.8 Å². The molecule has 1 fully saturated rings. The number of ether oxygens (including phenoxy) is 1. The molecule has 0 bridgehead atoms. The zero-order valence-corrected chi connectivity index (χ0v) is 18.0. The third kappa shape index (κ3) is 3.31. The first kappa shape index (κ1) is 19.3. The predicted octanol–water partition coefficient (Wildman–Crippen LogP) is 3.05. The molecule has 0 radical (unpaired) electrons. The molecular formula is C23H25N3O3S. The van der Waals surface area contributed by atoms with Gasteiger partial charge < -0.3 is 9.64 Å². The van der Waals surface area contributed by atoms with Crippen LogP contribution in [0.1, 0.15) is 40.8 Å². The van der Waals surface area contributed by atoms with E-state index in [1.54, 1.807) is 23.3 Å². The summed E-state index contributed by atoms with van der Waals surface area (Å²) in [5.41, 5.74) is 4.19. The molecule has 0 spiro atoms. The minimum absolute atomic E-state index is 0.0354. The van der Waals surface area contributed by atoms with Crippen molar-refractivity contribution in [2.45, 2.75) is 32.1 Å². The number of nitrogens with zero attached hydrogens (tertiary/aromatic N) is 3. The van der Waals surface area contributed by atoms with E-state index in [-0.39, 0.29) is 24.9 Å². The molecule has 6 nitrogen and oxygen atoms in total. The van der Waals surface area contributed by atoms with Gasteiger partial charge in [-0.1, -0.05) is 0 Å². The Morgan fingerprint density at radius 2 is 1.90 bits per heavy atom. The number of benzene rings is 1. The minimum Gasteiger partial charge on any atom is -0.497 e. The van der Waals surface area contributed by atoms with E-state index in [0.29, 0.717) is 0 Å². The average Bonchev–Trinajstić information content (AvgIpc) is 3.49. The maximum atomic E-state index is 13.1. The number of aliphatic imine (C=N–C) groups is 1. The molecule has 1 aromatic carbocycles. The zero-order valence-electron chi connectivity index (χ0n) is 17.1. The summed E-state index contributed by atoms with van der Waals surface area (Å²) in [5, 5.41) is 0.893. The molecule has 0 unspecified atom stereocenters. The number of hydrogen-bond acceptors (Lipinski definition) is 5. The summed E-state index contributed by atoms with van der Waals surface area (Å²) in [6, 6.07) is 7.84. The van der Waals surface area contributed by atoms with Crippen molar-refractivity contribution < 1.29 is 14.3 Å². The molecule has 1 aromatic heterocycles. The standard InChI is InChI=1S/C23H25N3O3S/c1-29-16-9-7-15(8-10-16)22-21-17-5-4-6-18(17)30-23(21)26(19(27)13-24-22)14-20(28)25-11-2-3-12-25/h7-10H,2-6,11-14H2,1H3. The zero-order chi connectivity index (χ0) is 20.7. The molecule has 7 heteroatoms. The van der Waals surface area contributed by atoms with Gasteiger partial charge >= 0.3 is 0 Å². The van der Waals surface area contributed by atoms with Gasteiger partial charge in [0.2, 0.25) is 11.8 Å². The maximum Gasteiger partial charge on any atom is 0.249 e. The Labute approximate surface area is 180 Å². The number of aryl methyl sites for hydroxylation is 1. The molecule has 3 heterocycles. The van der Waals surface area contributed by atoms with Crippen molar-refractivity contribution in [3.8, 4) is 5.75 Å². The lowest BCUT2D eigenvalue weighted by atomic mass is 9.99. The topological polar surface area (TPSA) is 62.2 Å². The van der Waals surface area contributed by atoms with E-state index in [2.05, 4.69) is 0 Å². The number of methoxy groups -OCH3 is 1. The van der Waals surface area contributed by atoms with Gasteiger partial charge in [-0.15, -0.1) is 11.3 Å². The largest absolute Gasteiger partial charge is 0.497 e. The Bertz CT molecular complexity index is 1020. The number of rotatable bonds is 4. The predicted molar refractivity (Wildman–Crippen MR) is 118 cm³/mol. The third-order valence-electron chi connectivity index (χ3n) is 6.17. The van der Waals surface area contributed by atoms with Crippen molar-refractivity contribution in [2.24, 2.45) is 4.99 Å². The number of carbonyl (C=O) groups excluding carboxylic acids is 2. The van der Waals surface area contributed by atoms with Crippen molar-refractivity contribution in [3.63, 3.8) is 0 Å². The summed E-state index contributed by atoms with van der Waals surface area (Å²) in [5.74, 6) is 0.721. The quantitative estimate of drug-likeness (QED) is 0.759. The highest BCUT2D eigenvalue weighted by molar-refractivity contribution is 7.17. The highest BCUT2D eigenvalue weighted by Gasteiger charge is 2.34. The molecule has 2 amide bonds. The lowest BCUT2D eigenvalue weighted by Crippen LogP contribution is -2.42. The molecule has 30 heavy (non-hydrogen) atoms. The molecular weight excluding hydrogens is 398 g/mol. The highest BCUT2D eigenvalue weighted by atomic mass is 32.1. The van der Waals surface area contributed by atoms with Crippen molar-refractivity contribution in [1.82, 2.24) is 4.90 Å². The number of thiophene rings is 1. The van der Waals surface area contributed by atoms with Gasteiger partial charge in [-0.25, -0.2) is 0 Å². The minimum atomic E-state index is -0.104. The summed E-state index contributed by atoms with van der Waals surface area (Å²) >= 11 is 1.67. The van der Waals surface area contributed by atoms with Crippen LogP contribution in [0, 0.1) is 0 Å². The van der Waals surface area contributed by atoms with E-state index < -0.39 is 0 Å². The monoisotopic (exact) mass is 423 g/mol. The van der Waals surface area contributed by atoms with Crippen LogP contribution >= 0.6 is 11.3 Å². The molecule has 0 N–H and O–H groups in total. The molecule has 2 aromatic rings. The van der Waals surface area contributed by atoms with Crippen LogP contribution in [0.5, 0.6) is 5.75 Å². The van der Waals surface area contributed by atoms with E-state index in [9.17, 15) is 9.59 Å². The summed E-state index contributed by atoms with van der Waals surface area (Å²) in [6.45, 7) is 1.76. The summed E-state index contributed by atoms with van der Waals surface area (Å²) in [7, 11) is 1.65. The van der Waals surface area contributed by atoms with Gasteiger partial charge in [0.25, 0.3) is 0 Å². The van der Waals surface area contributed by atoms with Gasteiger partial charge in [-0.05, 0) is 61.9 Å². The number of fused-ring (bicyclic) bond motifs is 3. The number of anilines is 1. The van der Waals surface area contributed by atoms with Gasteiger partial charge in [0, 0.05) is 29.1 Å². The van der Waals surface area contributed by atoms with Crippen LogP contribution in [0.25, 0.3) is 0 Å². The maximum absolute atomic E-state index is 13.1. The van der Waals surface area contributed by atoms with E-state index in [1.165, 1.54) is 10.4 Å². The molecule has 0 atom stereocenters. The molecule has 1 aliphatic carbocycles. The Morgan fingerprint density at radius 3 is 2.63 bits per heavy atom. The Balaban J connectivity index is 1.55. The van der Waals surface area contributed by atoms with Crippen LogP contribution in [-0.4, -0.2) is 55.7 Å². The van der Waals surface area contributed by atoms with E-state index in [4.69, 9.17) is 9.73 Å². The van der Waals surface area contributed by atoms with Crippen LogP contribution in [0.15, 0.2) is 29.3 Å². The average molecular weight is 424 g/mol. The first-order valence-electron chi connectivity index (χ1n) is 10.6. The lowest BCUT2D eigenvalue weighted by Gasteiger charge is -2.23. The van der Waals surface area contributed by atoms with Crippen molar-refractivity contribution in [2.75, 3.05) is 38.2 Å². The normalized spacial score (nSPS) is 18.2. The molecule has 1 saturated heterocycles. The third-order valence-corrected chi connectivity index (χ3v) is 7.49. The number of hydrogen-bond donors (Lipinski definition) is 0. The van der Waals surface area contributed by atoms with Crippen LogP contribution in [0.3, 0.4) is 0 Å². The Morgan fingerprint density at radius 1 is 1.13 bits per heavy atom. The summed E-state index contributed by atoms with van der Waals surface area (Å²) < 4.78 is 5.29. The molecule has 0 saturated carbocycles. The van der Waals surface area contributed by atoms with Crippen molar-refractivity contribution in [3.05, 3.63) is 45.8 Å². The SMILES string of the molecule is COc1ccc(C2=NCC(=O)N(CC(=O)N3CCCC3)c3sc4c(c32)CCC4)cc1. The van der Waals surface area contributed by atoms with Gasteiger partial charge in [-0.3, -0.25) is 19.5 Å². The summed E-state index contributed by atoms with van der Waals surface area (Å²) in [4.78, 5) is 35.6. The number of amides is 2. The second-order valence-electron chi connectivity index (χ2n) is 8.00. The van der Waals surface area contributed by atoms with E-state index >= 15 is 0 Å². The summed E-state index contributed by atoms with van der Waals surface area (Å²) in [6.07, 6.45) is 5.25. The first-order valence-corrected chi connectivity index (χ1v) is 11.4. The highest BCUT2D eigenvalue weighted by Crippen LogP contribution is 2.43. The van der Waals surface area contributed by atoms with Gasteiger partial charge in [-0.2, -0.15) is 0 Å². The number of carbonyl (C=O) groups is 2. The Hall–Kier alpha value is -2.67. The second kappa shape index (κ2) is 7.87. The molecule has 3 aliphatic rings. The van der Waals surface area contributed by atoms with Gasteiger partial charge in [0.1, 0.15) is 23.8 Å². The van der Waals surface area contributed by atoms with Crippen LogP contribution in [0.4, 0.5) is 5.00 Å². The fourth-order valence-corrected chi connectivity index (χ4v) is 6.00. The van der Waals surface area contributed by atoms with Crippen molar-refractivity contribution in [1.29, 1.82) is 0 Å². The molecule has 5 rings (SSSR count). The van der Waals surface area contributed by atoms with E-state index in [0.717, 1.165) is 72.8 Å². The van der Waals surface area contributed by atoms with E-state index in [1.807, 2.05) is 29.2 Å². The molecule has 2 aliphatic heterocycles. The Kier molecular flexibility index (Phi) is 5.06. The molecule has 156 valence electrons. The smallest absolute Gasteiger partial charge is 0.249 e. The second-order valence-corrected chi connectivity index (χ2v) is 9.08. The lowest BCUT2D eigenvalue weighted by molar-refractivity contribution is -0.130. The first-order chi connectivity index (χ1) is 14.7. The van der Waals surface area contributed by atoms with Crippen LogP contribution in [-0.2, 0) is 22.4 Å².